The molecule has 1 aliphatic rings. The van der Waals surface area contributed by atoms with Crippen molar-refractivity contribution in [3.63, 3.8) is 0 Å². The van der Waals surface area contributed by atoms with Gasteiger partial charge in [-0.05, 0) is 18.2 Å². The van der Waals surface area contributed by atoms with E-state index >= 15 is 0 Å². The third kappa shape index (κ3) is 3.48. The smallest absolute Gasteiger partial charge is 0.430 e. The van der Waals surface area contributed by atoms with E-state index in [2.05, 4.69) is 4.74 Å². The second-order valence-electron chi connectivity index (χ2n) is 4.30. The number of aliphatic hydroxyl groups is 1. The lowest BCUT2D eigenvalue weighted by molar-refractivity contribution is -0.188. The second kappa shape index (κ2) is 6.36. The second-order valence-corrected chi connectivity index (χ2v) is 5.15. The van der Waals surface area contributed by atoms with E-state index in [-0.39, 0.29) is 21.4 Å². The molecule has 1 aromatic rings. The summed E-state index contributed by atoms with van der Waals surface area (Å²) in [6.07, 6.45) is -6.39. The third-order valence-corrected chi connectivity index (χ3v) is 3.22. The van der Waals surface area contributed by atoms with Crippen molar-refractivity contribution in [2.45, 2.75) is 12.3 Å². The minimum atomic E-state index is -4.84. The summed E-state index contributed by atoms with van der Waals surface area (Å²) >= 11 is 11.6. The van der Waals surface area contributed by atoms with Gasteiger partial charge in [0.15, 0.2) is 0 Å². The molecular weight excluding hydrogens is 348 g/mol. The molecule has 0 aromatic heterocycles. The van der Waals surface area contributed by atoms with Crippen molar-refractivity contribution >= 4 is 35.2 Å². The number of hydrogen-bond donors (Lipinski definition) is 1. The Balaban J connectivity index is 2.49. The number of esters is 1. The molecule has 1 N–H and O–H groups in total. The van der Waals surface area contributed by atoms with Crippen molar-refractivity contribution in [3.05, 3.63) is 33.3 Å². The van der Waals surface area contributed by atoms with Crippen LogP contribution in [0.3, 0.4) is 0 Å². The minimum absolute atomic E-state index is 0.101. The quantitative estimate of drug-likeness (QED) is 0.844. The van der Waals surface area contributed by atoms with Crippen LogP contribution in [0.15, 0.2) is 17.7 Å². The first-order valence-corrected chi connectivity index (χ1v) is 6.71. The first-order chi connectivity index (χ1) is 10.2. The van der Waals surface area contributed by atoms with Crippen LogP contribution >= 0.6 is 23.2 Å². The predicted octanol–water partition coefficient (Wildman–Crippen LogP) is 3.24. The molecule has 0 amide bonds. The van der Waals surface area contributed by atoms with Gasteiger partial charge < -0.3 is 14.6 Å². The number of carbonyl (C=O) groups is 1. The van der Waals surface area contributed by atoms with Crippen LogP contribution in [0.2, 0.25) is 10.0 Å². The van der Waals surface area contributed by atoms with Gasteiger partial charge in [0.25, 0.3) is 0 Å². The van der Waals surface area contributed by atoms with Crippen molar-refractivity contribution < 1.29 is 32.5 Å². The lowest BCUT2D eigenvalue weighted by Crippen LogP contribution is -2.41. The van der Waals surface area contributed by atoms with E-state index in [4.69, 9.17) is 33.0 Å². The van der Waals surface area contributed by atoms with Crippen LogP contribution < -0.4 is 4.74 Å². The molecular formula is C13H9Cl2F3O4. The summed E-state index contributed by atoms with van der Waals surface area (Å²) in [6.45, 7) is -0.936. The maximum atomic E-state index is 13.1. The molecule has 0 bridgehead atoms. The van der Waals surface area contributed by atoms with Gasteiger partial charge in [-0.15, -0.1) is 0 Å². The largest absolute Gasteiger partial charge is 0.474 e. The van der Waals surface area contributed by atoms with E-state index in [9.17, 15) is 18.0 Å². The maximum Gasteiger partial charge on any atom is 0.430 e. The highest BCUT2D eigenvalue weighted by Crippen LogP contribution is 2.42. The lowest BCUT2D eigenvalue weighted by Gasteiger charge is -2.28. The molecule has 120 valence electrons. The van der Waals surface area contributed by atoms with Gasteiger partial charge in [-0.3, -0.25) is 0 Å². The first-order valence-electron chi connectivity index (χ1n) is 5.96. The van der Waals surface area contributed by atoms with Gasteiger partial charge in [0.05, 0.1) is 17.2 Å². The maximum absolute atomic E-state index is 13.1. The van der Waals surface area contributed by atoms with Crippen LogP contribution in [0.25, 0.3) is 6.08 Å². The van der Waals surface area contributed by atoms with Crippen molar-refractivity contribution in [2.75, 3.05) is 13.2 Å². The molecule has 0 radical (unpaired) electrons. The van der Waals surface area contributed by atoms with Crippen LogP contribution in [-0.4, -0.2) is 36.6 Å². The SMILES string of the molecule is O=C(OCCO)C1=Cc2cc(Cl)cc(Cl)c2OC1C(F)(F)F. The molecule has 0 saturated carbocycles. The van der Waals surface area contributed by atoms with Gasteiger partial charge >= 0.3 is 12.1 Å². The third-order valence-electron chi connectivity index (χ3n) is 2.72. The lowest BCUT2D eigenvalue weighted by atomic mass is 10.0. The van der Waals surface area contributed by atoms with Gasteiger partial charge in [-0.1, -0.05) is 23.2 Å². The van der Waals surface area contributed by atoms with Gasteiger partial charge in [-0.25, -0.2) is 4.79 Å². The molecule has 4 nitrogen and oxygen atoms in total. The Bertz CT molecular complexity index is 628. The fourth-order valence-electron chi connectivity index (χ4n) is 1.87. The zero-order valence-electron chi connectivity index (χ0n) is 10.8. The number of ether oxygens (including phenoxy) is 2. The summed E-state index contributed by atoms with van der Waals surface area (Å²) in [5.74, 6) is -1.45. The first kappa shape index (κ1) is 16.9. The van der Waals surface area contributed by atoms with E-state index in [0.717, 1.165) is 6.08 Å². The molecule has 0 fully saturated rings. The summed E-state index contributed by atoms with van der Waals surface area (Å²) in [4.78, 5) is 11.7. The number of hydrogen-bond acceptors (Lipinski definition) is 4. The van der Waals surface area contributed by atoms with Crippen molar-refractivity contribution in [3.8, 4) is 5.75 Å². The average Bonchev–Trinajstić information content (AvgIpc) is 2.42. The molecule has 0 aliphatic carbocycles. The Morgan fingerprint density at radius 3 is 2.64 bits per heavy atom. The summed E-state index contributed by atoms with van der Waals surface area (Å²) in [5.41, 5.74) is -0.610. The van der Waals surface area contributed by atoms with Crippen molar-refractivity contribution in [1.29, 1.82) is 0 Å². The van der Waals surface area contributed by atoms with Crippen LogP contribution in [0, 0.1) is 0 Å². The minimum Gasteiger partial charge on any atom is -0.474 e. The molecule has 1 heterocycles. The Morgan fingerprint density at radius 2 is 2.05 bits per heavy atom. The Kier molecular flexibility index (Phi) is 4.89. The summed E-state index contributed by atoms with van der Waals surface area (Å²) < 4.78 is 48.6. The molecule has 1 aromatic carbocycles. The number of aliphatic hydroxyl groups excluding tert-OH is 1. The molecule has 9 heteroatoms. The van der Waals surface area contributed by atoms with E-state index in [1.807, 2.05) is 0 Å². The molecule has 0 saturated heterocycles. The van der Waals surface area contributed by atoms with Gasteiger partial charge in [0.2, 0.25) is 6.10 Å². The number of benzene rings is 1. The van der Waals surface area contributed by atoms with Crippen LogP contribution in [0.5, 0.6) is 5.75 Å². The topological polar surface area (TPSA) is 55.8 Å². The molecule has 1 atom stereocenters. The van der Waals surface area contributed by atoms with Crippen LogP contribution in [0.4, 0.5) is 13.2 Å². The number of halogens is 5. The van der Waals surface area contributed by atoms with E-state index < -0.39 is 37.0 Å². The van der Waals surface area contributed by atoms with E-state index in [1.54, 1.807) is 0 Å². The van der Waals surface area contributed by atoms with Crippen LogP contribution in [-0.2, 0) is 9.53 Å². The zero-order chi connectivity index (χ0) is 16.5. The van der Waals surface area contributed by atoms with Crippen molar-refractivity contribution in [2.24, 2.45) is 0 Å². The van der Waals surface area contributed by atoms with Crippen molar-refractivity contribution in [1.82, 2.24) is 0 Å². The van der Waals surface area contributed by atoms with Gasteiger partial charge in [0.1, 0.15) is 12.4 Å². The fourth-order valence-corrected chi connectivity index (χ4v) is 2.42. The summed E-state index contributed by atoms with van der Waals surface area (Å²) in [7, 11) is 0. The number of rotatable bonds is 3. The van der Waals surface area contributed by atoms with E-state index in [1.165, 1.54) is 12.1 Å². The highest BCUT2D eigenvalue weighted by Gasteiger charge is 2.49. The fraction of sp³-hybridized carbons (Fsp3) is 0.308. The van der Waals surface area contributed by atoms with Gasteiger partial charge in [0, 0.05) is 10.6 Å². The van der Waals surface area contributed by atoms with E-state index in [0.29, 0.717) is 0 Å². The zero-order valence-corrected chi connectivity index (χ0v) is 12.3. The monoisotopic (exact) mass is 356 g/mol. The number of carbonyl (C=O) groups excluding carboxylic acids is 1. The summed E-state index contributed by atoms with van der Waals surface area (Å²) in [5, 5.41) is 8.66. The molecule has 1 unspecified atom stereocenters. The number of alkyl halides is 3. The number of fused-ring (bicyclic) bond motifs is 1. The van der Waals surface area contributed by atoms with Gasteiger partial charge in [-0.2, -0.15) is 13.2 Å². The Morgan fingerprint density at radius 1 is 1.36 bits per heavy atom. The highest BCUT2D eigenvalue weighted by molar-refractivity contribution is 6.36. The molecule has 2 rings (SSSR count). The Labute approximate surface area is 133 Å². The van der Waals surface area contributed by atoms with Crippen LogP contribution in [0.1, 0.15) is 5.56 Å². The molecule has 1 aliphatic heterocycles. The molecule has 22 heavy (non-hydrogen) atoms. The molecule has 0 spiro atoms. The highest BCUT2D eigenvalue weighted by atomic mass is 35.5. The standard InChI is InChI=1S/C13H9Cl2F3O4/c14-7-3-6-4-8(12(20)21-2-1-19)11(13(16,17)18)22-10(6)9(15)5-7/h3-5,11,19H,1-2H2. The average molecular weight is 357 g/mol. The normalized spacial score (nSPS) is 17.4. The summed E-state index contributed by atoms with van der Waals surface area (Å²) in [6, 6.07) is 2.55. The Hall–Kier alpha value is -1.44. The predicted molar refractivity (Wildman–Crippen MR) is 73.0 cm³/mol.